The standard InChI is InChI=1S/C9H16O3/c1-5-9(10)12-11-8(4)6-7(2)3/h5,7-8H,1,6H2,2-4H3. The fourth-order valence-electron chi connectivity index (χ4n) is 0.867. The van der Waals surface area contributed by atoms with Crippen LogP contribution < -0.4 is 0 Å². The van der Waals surface area contributed by atoms with Crippen LogP contribution in [0.3, 0.4) is 0 Å². The molecule has 0 saturated carbocycles. The molecule has 0 fully saturated rings. The average molecular weight is 172 g/mol. The van der Waals surface area contributed by atoms with Gasteiger partial charge in [0.1, 0.15) is 6.10 Å². The van der Waals surface area contributed by atoms with E-state index in [-0.39, 0.29) is 6.10 Å². The Kier molecular flexibility index (Phi) is 5.37. The highest BCUT2D eigenvalue weighted by Crippen LogP contribution is 2.07. The van der Waals surface area contributed by atoms with Gasteiger partial charge in [0.2, 0.25) is 0 Å². The molecule has 0 aliphatic heterocycles. The number of carbonyl (C=O) groups excluding carboxylic acids is 1. The topological polar surface area (TPSA) is 35.5 Å². The van der Waals surface area contributed by atoms with Crippen molar-refractivity contribution in [1.29, 1.82) is 0 Å². The Morgan fingerprint density at radius 3 is 2.50 bits per heavy atom. The van der Waals surface area contributed by atoms with Crippen molar-refractivity contribution in [3.63, 3.8) is 0 Å². The van der Waals surface area contributed by atoms with Crippen molar-refractivity contribution in [3.8, 4) is 0 Å². The molecule has 1 unspecified atom stereocenters. The van der Waals surface area contributed by atoms with Gasteiger partial charge in [-0.2, -0.15) is 4.89 Å². The third-order valence-corrected chi connectivity index (χ3v) is 1.26. The van der Waals surface area contributed by atoms with Gasteiger partial charge >= 0.3 is 5.97 Å². The van der Waals surface area contributed by atoms with Gasteiger partial charge in [-0.25, -0.2) is 4.79 Å². The maximum Gasteiger partial charge on any atom is 0.365 e. The van der Waals surface area contributed by atoms with Crippen molar-refractivity contribution >= 4 is 5.97 Å². The number of carbonyl (C=O) groups is 1. The van der Waals surface area contributed by atoms with E-state index in [0.717, 1.165) is 12.5 Å². The quantitative estimate of drug-likeness (QED) is 0.362. The van der Waals surface area contributed by atoms with Crippen LogP contribution in [0.5, 0.6) is 0 Å². The van der Waals surface area contributed by atoms with Crippen molar-refractivity contribution in [1.82, 2.24) is 0 Å². The molecule has 0 N–H and O–H groups in total. The van der Waals surface area contributed by atoms with E-state index in [1.807, 2.05) is 6.92 Å². The van der Waals surface area contributed by atoms with Crippen LogP contribution in [-0.4, -0.2) is 12.1 Å². The number of rotatable bonds is 5. The molecule has 0 aliphatic carbocycles. The summed E-state index contributed by atoms with van der Waals surface area (Å²) in [7, 11) is 0. The second kappa shape index (κ2) is 5.77. The molecule has 3 nitrogen and oxygen atoms in total. The van der Waals surface area contributed by atoms with E-state index in [0.29, 0.717) is 5.92 Å². The van der Waals surface area contributed by atoms with Gasteiger partial charge in [0, 0.05) is 6.08 Å². The Morgan fingerprint density at radius 2 is 2.08 bits per heavy atom. The molecule has 3 heteroatoms. The van der Waals surface area contributed by atoms with Crippen molar-refractivity contribution in [2.24, 2.45) is 5.92 Å². The van der Waals surface area contributed by atoms with E-state index >= 15 is 0 Å². The van der Waals surface area contributed by atoms with Gasteiger partial charge < -0.3 is 0 Å². The zero-order chi connectivity index (χ0) is 9.56. The van der Waals surface area contributed by atoms with Gasteiger partial charge in [0.25, 0.3) is 0 Å². The van der Waals surface area contributed by atoms with Crippen LogP contribution in [0.4, 0.5) is 0 Å². The van der Waals surface area contributed by atoms with Crippen LogP contribution in [0.2, 0.25) is 0 Å². The van der Waals surface area contributed by atoms with Gasteiger partial charge in [-0.3, -0.25) is 4.89 Å². The minimum absolute atomic E-state index is 0.0612. The summed E-state index contributed by atoms with van der Waals surface area (Å²) in [6.07, 6.45) is 1.88. The average Bonchev–Trinajstić information content (AvgIpc) is 1.99. The lowest BCUT2D eigenvalue weighted by molar-refractivity contribution is -0.292. The first-order valence-electron chi connectivity index (χ1n) is 4.06. The maximum atomic E-state index is 10.5. The molecule has 0 rings (SSSR count). The second-order valence-electron chi connectivity index (χ2n) is 3.14. The molecule has 0 radical (unpaired) electrons. The molecule has 1 atom stereocenters. The first kappa shape index (κ1) is 11.2. The summed E-state index contributed by atoms with van der Waals surface area (Å²) >= 11 is 0. The largest absolute Gasteiger partial charge is 0.365 e. The maximum absolute atomic E-state index is 10.5. The molecule has 0 aliphatic rings. The van der Waals surface area contributed by atoms with E-state index in [1.165, 1.54) is 0 Å². The first-order chi connectivity index (χ1) is 5.56. The van der Waals surface area contributed by atoms with Gasteiger partial charge in [-0.1, -0.05) is 20.4 Å². The smallest absolute Gasteiger partial charge is 0.293 e. The summed E-state index contributed by atoms with van der Waals surface area (Å²) in [5.41, 5.74) is 0. The summed E-state index contributed by atoms with van der Waals surface area (Å²) in [5.74, 6) is -0.0203. The molecule has 70 valence electrons. The van der Waals surface area contributed by atoms with E-state index in [4.69, 9.17) is 4.89 Å². The zero-order valence-corrected chi connectivity index (χ0v) is 7.87. The van der Waals surface area contributed by atoms with Gasteiger partial charge in [-0.05, 0) is 19.3 Å². The fourth-order valence-corrected chi connectivity index (χ4v) is 0.867. The highest BCUT2D eigenvalue weighted by molar-refractivity contribution is 5.80. The Hall–Kier alpha value is -0.830. The molecule has 0 spiro atoms. The SMILES string of the molecule is C=CC(=O)OOC(C)CC(C)C. The molecule has 0 aromatic rings. The molecule has 0 bridgehead atoms. The van der Waals surface area contributed by atoms with Gasteiger partial charge in [-0.15, -0.1) is 0 Å². The lowest BCUT2D eigenvalue weighted by atomic mass is 10.1. The lowest BCUT2D eigenvalue weighted by Gasteiger charge is -2.11. The highest BCUT2D eigenvalue weighted by Gasteiger charge is 2.07. The Bertz CT molecular complexity index is 152. The normalized spacial score (nSPS) is 12.7. The van der Waals surface area contributed by atoms with Crippen molar-refractivity contribution < 1.29 is 14.6 Å². The van der Waals surface area contributed by atoms with E-state index in [1.54, 1.807) is 0 Å². The Labute approximate surface area is 73.3 Å². The van der Waals surface area contributed by atoms with E-state index in [2.05, 4.69) is 25.3 Å². The third-order valence-electron chi connectivity index (χ3n) is 1.26. The molecule has 0 aromatic carbocycles. The molecule has 0 aromatic heterocycles. The van der Waals surface area contributed by atoms with Gasteiger partial charge in [0.15, 0.2) is 0 Å². The van der Waals surface area contributed by atoms with E-state index < -0.39 is 5.97 Å². The van der Waals surface area contributed by atoms with Crippen LogP contribution >= 0.6 is 0 Å². The Morgan fingerprint density at radius 1 is 1.50 bits per heavy atom. The van der Waals surface area contributed by atoms with Crippen molar-refractivity contribution in [3.05, 3.63) is 12.7 Å². The zero-order valence-electron chi connectivity index (χ0n) is 7.87. The van der Waals surface area contributed by atoms with E-state index in [9.17, 15) is 4.79 Å². The Balaban J connectivity index is 3.49. The first-order valence-corrected chi connectivity index (χ1v) is 4.06. The van der Waals surface area contributed by atoms with Crippen LogP contribution in [0, 0.1) is 5.92 Å². The minimum Gasteiger partial charge on any atom is -0.293 e. The predicted molar refractivity (Wildman–Crippen MR) is 46.3 cm³/mol. The van der Waals surface area contributed by atoms with Gasteiger partial charge in [0.05, 0.1) is 0 Å². The third kappa shape index (κ3) is 5.92. The highest BCUT2D eigenvalue weighted by atomic mass is 17.2. The monoisotopic (exact) mass is 172 g/mol. The lowest BCUT2D eigenvalue weighted by Crippen LogP contribution is -2.14. The molecule has 0 amide bonds. The van der Waals surface area contributed by atoms with Crippen LogP contribution in [0.15, 0.2) is 12.7 Å². The van der Waals surface area contributed by atoms with Crippen LogP contribution in [0.25, 0.3) is 0 Å². The molecular weight excluding hydrogens is 156 g/mol. The fraction of sp³-hybridized carbons (Fsp3) is 0.667. The number of hydrogen-bond acceptors (Lipinski definition) is 3. The number of hydrogen-bond donors (Lipinski definition) is 0. The van der Waals surface area contributed by atoms with Crippen LogP contribution in [0.1, 0.15) is 27.2 Å². The predicted octanol–water partition coefficient (Wildman–Crippen LogP) is 2.08. The van der Waals surface area contributed by atoms with Crippen molar-refractivity contribution in [2.45, 2.75) is 33.3 Å². The molecule has 0 saturated heterocycles. The summed E-state index contributed by atoms with van der Waals surface area (Å²) in [6.45, 7) is 9.26. The summed E-state index contributed by atoms with van der Waals surface area (Å²) in [4.78, 5) is 19.7. The summed E-state index contributed by atoms with van der Waals surface area (Å²) in [6, 6.07) is 0. The molecule has 0 heterocycles. The molecular formula is C9H16O3. The summed E-state index contributed by atoms with van der Waals surface area (Å²) < 4.78 is 0. The second-order valence-corrected chi connectivity index (χ2v) is 3.14. The molecule has 12 heavy (non-hydrogen) atoms. The van der Waals surface area contributed by atoms with Crippen LogP contribution in [-0.2, 0) is 14.6 Å². The van der Waals surface area contributed by atoms with Crippen molar-refractivity contribution in [2.75, 3.05) is 0 Å². The minimum atomic E-state index is -0.550. The summed E-state index contributed by atoms with van der Waals surface area (Å²) in [5, 5.41) is 0.